The SMILES string of the molecule is C[si]1c[nH]c(=O)[nH]c1=O. The van der Waals surface area contributed by atoms with Crippen molar-refractivity contribution >= 4 is 8.40 Å². The van der Waals surface area contributed by atoms with Gasteiger partial charge in [-0.25, -0.2) is 4.79 Å². The highest BCUT2D eigenvalue weighted by molar-refractivity contribution is 6.45. The lowest BCUT2D eigenvalue weighted by atomic mass is 11.2. The molecule has 0 aliphatic rings. The molecule has 5 heteroatoms. The van der Waals surface area contributed by atoms with Gasteiger partial charge in [-0.05, 0) is 12.4 Å². The molecule has 0 saturated carbocycles. The fourth-order valence-electron chi connectivity index (χ4n) is 0.477. The van der Waals surface area contributed by atoms with Crippen molar-refractivity contribution < 1.29 is 0 Å². The minimum atomic E-state index is -1.11. The molecule has 1 aromatic heterocycles. The first-order chi connectivity index (χ1) is 4.20. The molecule has 2 N–H and O–H groups in total. The minimum Gasteiger partial charge on any atom is -0.318 e. The maximum Gasteiger partial charge on any atom is 0.324 e. The number of hydrogen-bond acceptors (Lipinski definition) is 2. The van der Waals surface area contributed by atoms with E-state index < -0.39 is 14.1 Å². The molecule has 9 heavy (non-hydrogen) atoms. The van der Waals surface area contributed by atoms with Crippen molar-refractivity contribution in [2.75, 3.05) is 0 Å². The molecular formula is C4H6N2O2Si. The predicted octanol–water partition coefficient (Wildman–Crippen LogP) is -1.37. The van der Waals surface area contributed by atoms with Crippen LogP contribution in [0, 0.1) is 0 Å². The molecule has 1 aromatic rings. The van der Waals surface area contributed by atoms with Gasteiger partial charge < -0.3 is 4.98 Å². The van der Waals surface area contributed by atoms with Gasteiger partial charge in [-0.1, -0.05) is 0 Å². The third-order valence-electron chi connectivity index (χ3n) is 1.00. The van der Waals surface area contributed by atoms with Gasteiger partial charge in [0.25, 0.3) is 0 Å². The van der Waals surface area contributed by atoms with E-state index in [1.807, 2.05) is 0 Å². The number of hydrogen-bond donors (Lipinski definition) is 2. The van der Waals surface area contributed by atoms with E-state index in [9.17, 15) is 9.59 Å². The van der Waals surface area contributed by atoms with Crippen molar-refractivity contribution in [2.45, 2.75) is 0 Å². The van der Waals surface area contributed by atoms with Gasteiger partial charge in [-0.2, -0.15) is 0 Å². The molecule has 0 fully saturated rings. The van der Waals surface area contributed by atoms with Crippen molar-refractivity contribution in [3.8, 4) is 0 Å². The van der Waals surface area contributed by atoms with Crippen LogP contribution in [0.1, 0.15) is 0 Å². The Kier molecular flexibility index (Phi) is 1.43. The quantitative estimate of drug-likeness (QED) is 0.439. The van der Waals surface area contributed by atoms with Crippen molar-refractivity contribution in [1.82, 2.24) is 9.97 Å². The Balaban J connectivity index is 3.52. The average Bonchev–Trinajstić information content (AvgIpc) is 1.80. The van der Waals surface area contributed by atoms with E-state index in [4.69, 9.17) is 0 Å². The van der Waals surface area contributed by atoms with Crippen molar-refractivity contribution in [3.05, 3.63) is 26.3 Å². The first kappa shape index (κ1) is 6.15. The Hall–Kier alpha value is -0.973. The summed E-state index contributed by atoms with van der Waals surface area (Å²) < 4.78 is 0. The smallest absolute Gasteiger partial charge is 0.318 e. The Morgan fingerprint density at radius 2 is 2.22 bits per heavy atom. The highest BCUT2D eigenvalue weighted by atomic mass is 28.2. The van der Waals surface area contributed by atoms with Gasteiger partial charge in [0.15, 0.2) is 0 Å². The lowest BCUT2D eigenvalue weighted by molar-refractivity contribution is 1.07. The fourth-order valence-corrected chi connectivity index (χ4v) is 1.27. The van der Waals surface area contributed by atoms with Crippen LogP contribution in [0.2, 0.25) is 0 Å². The van der Waals surface area contributed by atoms with Crippen molar-refractivity contribution in [3.63, 3.8) is 0 Å². The molecule has 1 heterocycles. The molecule has 0 amide bonds. The van der Waals surface area contributed by atoms with Crippen LogP contribution in [-0.4, -0.2) is 18.4 Å². The molecule has 0 radical (unpaired) electrons. The predicted molar refractivity (Wildman–Crippen MR) is 34.6 cm³/mol. The molecule has 0 bridgehead atoms. The highest BCUT2D eigenvalue weighted by Gasteiger charge is 1.90. The maximum atomic E-state index is 10.6. The summed E-state index contributed by atoms with van der Waals surface area (Å²) in [4.78, 5) is 25.6. The number of aromatic amines is 2. The zero-order valence-corrected chi connectivity index (χ0v) is 5.89. The average molecular weight is 142 g/mol. The molecule has 0 saturated heterocycles. The third-order valence-corrected chi connectivity index (χ3v) is 2.42. The summed E-state index contributed by atoms with van der Waals surface area (Å²) in [6.07, 6.45) is 0. The molecule has 0 unspecified atom stereocenters. The Labute approximate surface area is 52.1 Å². The molecule has 0 aromatic carbocycles. The third kappa shape index (κ3) is 1.23. The number of aryl methyl sites for hydroxylation is 1. The second kappa shape index (κ2) is 2.10. The molecule has 0 aliphatic heterocycles. The number of nitrogens with one attached hydrogen (secondary N) is 2. The van der Waals surface area contributed by atoms with E-state index in [-0.39, 0.29) is 5.17 Å². The first-order valence-electron chi connectivity index (χ1n) is 2.49. The van der Waals surface area contributed by atoms with E-state index >= 15 is 0 Å². The van der Waals surface area contributed by atoms with Gasteiger partial charge in [0, 0.05) is 0 Å². The van der Waals surface area contributed by atoms with Gasteiger partial charge in [-0.15, -0.1) is 0 Å². The molecule has 0 atom stereocenters. The Morgan fingerprint density at radius 1 is 1.56 bits per heavy atom. The second-order valence-corrected chi connectivity index (χ2v) is 3.86. The summed E-state index contributed by atoms with van der Waals surface area (Å²) in [5.74, 6) is 1.56. The van der Waals surface area contributed by atoms with E-state index in [2.05, 4.69) is 9.97 Å². The van der Waals surface area contributed by atoms with Gasteiger partial charge in [0.1, 0.15) is 8.40 Å². The number of rotatable bonds is 0. The Bertz CT molecular complexity index is 313. The van der Waals surface area contributed by atoms with Gasteiger partial charge in [-0.3, -0.25) is 9.78 Å². The zero-order chi connectivity index (χ0) is 6.85. The molecule has 4 nitrogen and oxygen atoms in total. The van der Waals surface area contributed by atoms with E-state index in [0.717, 1.165) is 0 Å². The summed E-state index contributed by atoms with van der Waals surface area (Å²) >= 11 is 0. The standard InChI is InChI=1S/C4H6N2O2Si/c1-9-2-5-3(7)6-4(9)8/h2H,1H3,(H2,5,6,7,8). The molecular weight excluding hydrogens is 136 g/mol. The zero-order valence-electron chi connectivity index (χ0n) is 4.89. The molecule has 0 spiro atoms. The first-order valence-corrected chi connectivity index (χ1v) is 4.56. The van der Waals surface area contributed by atoms with Crippen LogP contribution in [0.15, 0.2) is 15.4 Å². The molecule has 1 rings (SSSR count). The maximum absolute atomic E-state index is 10.6. The number of aromatic nitrogens is 2. The van der Waals surface area contributed by atoms with Crippen LogP contribution in [-0.2, 0) is 6.55 Å². The number of H-pyrrole nitrogens is 2. The summed E-state index contributed by atoms with van der Waals surface area (Å²) in [5.41, 5.74) is -0.421. The van der Waals surface area contributed by atoms with Crippen LogP contribution in [0.25, 0.3) is 0 Å². The second-order valence-electron chi connectivity index (χ2n) is 1.75. The fraction of sp³-hybridized carbons (Fsp3) is 0.250. The summed E-state index contributed by atoms with van der Waals surface area (Å²) in [7, 11) is -1.11. The summed E-state index contributed by atoms with van der Waals surface area (Å²) in [5, 5.41) is -0.149. The van der Waals surface area contributed by atoms with E-state index in [0.29, 0.717) is 0 Å². The van der Waals surface area contributed by atoms with Crippen LogP contribution in [0.5, 0.6) is 0 Å². The summed E-state index contributed by atoms with van der Waals surface area (Å²) in [6, 6.07) is 0. The topological polar surface area (TPSA) is 65.7 Å². The van der Waals surface area contributed by atoms with Gasteiger partial charge in [0.05, 0.1) is 0 Å². The van der Waals surface area contributed by atoms with Crippen LogP contribution in [0.4, 0.5) is 0 Å². The van der Waals surface area contributed by atoms with Crippen LogP contribution in [0.3, 0.4) is 0 Å². The largest absolute Gasteiger partial charge is 0.324 e. The minimum absolute atomic E-state index is 0.149. The monoisotopic (exact) mass is 142 g/mol. The molecule has 0 aliphatic carbocycles. The van der Waals surface area contributed by atoms with Crippen LogP contribution < -0.4 is 10.9 Å². The highest BCUT2D eigenvalue weighted by Crippen LogP contribution is 1.53. The Morgan fingerprint density at radius 3 is 2.67 bits per heavy atom. The van der Waals surface area contributed by atoms with Crippen molar-refractivity contribution in [2.24, 2.45) is 6.55 Å². The lowest BCUT2D eigenvalue weighted by Crippen LogP contribution is -2.30. The van der Waals surface area contributed by atoms with Crippen molar-refractivity contribution in [1.29, 1.82) is 0 Å². The lowest BCUT2D eigenvalue weighted by Gasteiger charge is -1.83. The normalized spacial score (nSPS) is 9.44. The van der Waals surface area contributed by atoms with Crippen LogP contribution >= 0.6 is 0 Å². The van der Waals surface area contributed by atoms with Gasteiger partial charge >= 0.3 is 5.69 Å². The van der Waals surface area contributed by atoms with E-state index in [1.165, 1.54) is 0 Å². The molecule has 48 valence electrons. The summed E-state index contributed by atoms with van der Waals surface area (Å²) in [6.45, 7) is 1.80. The van der Waals surface area contributed by atoms with Gasteiger partial charge in [0.2, 0.25) is 5.17 Å². The van der Waals surface area contributed by atoms with E-state index in [1.54, 1.807) is 12.4 Å².